The van der Waals surface area contributed by atoms with Crippen LogP contribution in [0.25, 0.3) is 0 Å². The lowest BCUT2D eigenvalue weighted by molar-refractivity contribution is 0.203. The first-order valence-electron chi connectivity index (χ1n) is 6.69. The molecule has 0 radical (unpaired) electrons. The predicted octanol–water partition coefficient (Wildman–Crippen LogP) is 2.43. The van der Waals surface area contributed by atoms with Gasteiger partial charge in [0.05, 0.1) is 11.4 Å². The molecule has 0 amide bonds. The second-order valence-electron chi connectivity index (χ2n) is 5.63. The summed E-state index contributed by atoms with van der Waals surface area (Å²) in [6.07, 6.45) is 2.68. The highest BCUT2D eigenvalue weighted by Crippen LogP contribution is 2.34. The van der Waals surface area contributed by atoms with E-state index in [1.54, 1.807) is 6.07 Å². The fourth-order valence-electron chi connectivity index (χ4n) is 2.66. The highest BCUT2D eigenvalue weighted by atomic mass is 19.1. The number of halogens is 1. The molecule has 0 saturated heterocycles. The van der Waals surface area contributed by atoms with Gasteiger partial charge in [0.15, 0.2) is 0 Å². The first-order valence-corrected chi connectivity index (χ1v) is 6.69. The monoisotopic (exact) mass is 249 g/mol. The number of anilines is 2. The number of hydrogen-bond donors (Lipinski definition) is 2. The van der Waals surface area contributed by atoms with Crippen molar-refractivity contribution in [2.45, 2.75) is 32.4 Å². The zero-order valence-electron chi connectivity index (χ0n) is 10.7. The molecule has 3 nitrogen and oxygen atoms in total. The second kappa shape index (κ2) is 4.43. The number of nitrogens with one attached hydrogen (secondary N) is 1. The molecule has 3 rings (SSSR count). The summed E-state index contributed by atoms with van der Waals surface area (Å²) in [7, 11) is 0. The summed E-state index contributed by atoms with van der Waals surface area (Å²) in [5.74, 6) is 0.605. The Labute approximate surface area is 107 Å². The molecule has 0 unspecified atom stereocenters. The molecule has 0 bridgehead atoms. The Morgan fingerprint density at radius 1 is 1.44 bits per heavy atom. The average Bonchev–Trinajstić information content (AvgIpc) is 3.10. The van der Waals surface area contributed by atoms with E-state index in [1.165, 1.54) is 18.9 Å². The summed E-state index contributed by atoms with van der Waals surface area (Å²) in [6, 6.07) is 3.46. The number of nitrogens with zero attached hydrogens (tertiary/aromatic N) is 1. The van der Waals surface area contributed by atoms with Crippen LogP contribution in [0.1, 0.15) is 25.3 Å². The van der Waals surface area contributed by atoms with Crippen molar-refractivity contribution in [2.75, 3.05) is 24.1 Å². The molecule has 1 heterocycles. The Bertz CT molecular complexity index is 457. The largest absolute Gasteiger partial charge is 0.397 e. The minimum absolute atomic E-state index is 0.242. The fourth-order valence-corrected chi connectivity index (χ4v) is 2.66. The molecule has 1 aromatic carbocycles. The number of benzene rings is 1. The molecular formula is C14H20FN3. The Morgan fingerprint density at radius 3 is 2.94 bits per heavy atom. The van der Waals surface area contributed by atoms with E-state index in [0.717, 1.165) is 36.8 Å². The Kier molecular flexibility index (Phi) is 2.90. The van der Waals surface area contributed by atoms with Crippen molar-refractivity contribution in [3.63, 3.8) is 0 Å². The van der Waals surface area contributed by atoms with E-state index in [-0.39, 0.29) is 5.82 Å². The van der Waals surface area contributed by atoms with Crippen molar-refractivity contribution >= 4 is 11.4 Å². The number of hydrogen-bond acceptors (Lipinski definition) is 3. The highest BCUT2D eigenvalue weighted by molar-refractivity contribution is 5.70. The van der Waals surface area contributed by atoms with Crippen LogP contribution in [0.15, 0.2) is 12.1 Å². The van der Waals surface area contributed by atoms with Gasteiger partial charge in [0.25, 0.3) is 0 Å². The van der Waals surface area contributed by atoms with Gasteiger partial charge in [0.1, 0.15) is 5.82 Å². The zero-order valence-corrected chi connectivity index (χ0v) is 10.7. The van der Waals surface area contributed by atoms with Crippen LogP contribution in [0.2, 0.25) is 0 Å². The van der Waals surface area contributed by atoms with Gasteiger partial charge in [0, 0.05) is 25.7 Å². The third-order valence-electron chi connectivity index (χ3n) is 3.98. The normalized spacial score (nSPS) is 24.2. The van der Waals surface area contributed by atoms with Crippen molar-refractivity contribution in [1.82, 2.24) is 4.90 Å². The van der Waals surface area contributed by atoms with Gasteiger partial charge in [-0.15, -0.1) is 0 Å². The molecule has 18 heavy (non-hydrogen) atoms. The maximum absolute atomic E-state index is 13.5. The van der Waals surface area contributed by atoms with Crippen molar-refractivity contribution in [2.24, 2.45) is 5.92 Å². The van der Waals surface area contributed by atoms with Crippen LogP contribution < -0.4 is 11.1 Å². The van der Waals surface area contributed by atoms with Crippen molar-refractivity contribution < 1.29 is 4.39 Å². The SMILES string of the molecule is C[C@H]1CNc2c(N)cc(F)cc2CN1CC1CC1. The molecule has 0 aromatic heterocycles. The Balaban J connectivity index is 1.88. The van der Waals surface area contributed by atoms with E-state index in [0.29, 0.717) is 11.7 Å². The van der Waals surface area contributed by atoms with Crippen molar-refractivity contribution in [3.8, 4) is 0 Å². The first-order chi connectivity index (χ1) is 8.63. The molecule has 1 atom stereocenters. The molecule has 98 valence electrons. The first kappa shape index (κ1) is 11.8. The van der Waals surface area contributed by atoms with Gasteiger partial charge in [-0.05, 0) is 43.4 Å². The molecule has 0 spiro atoms. The molecule has 1 aliphatic heterocycles. The molecule has 1 saturated carbocycles. The van der Waals surface area contributed by atoms with Crippen molar-refractivity contribution in [3.05, 3.63) is 23.5 Å². The van der Waals surface area contributed by atoms with Gasteiger partial charge in [-0.3, -0.25) is 4.90 Å². The Morgan fingerprint density at radius 2 is 2.22 bits per heavy atom. The van der Waals surface area contributed by atoms with E-state index < -0.39 is 0 Å². The van der Waals surface area contributed by atoms with Crippen LogP contribution in [-0.2, 0) is 6.54 Å². The molecule has 1 aromatic rings. The molecule has 1 aliphatic carbocycles. The van der Waals surface area contributed by atoms with Crippen LogP contribution in [-0.4, -0.2) is 24.0 Å². The lowest BCUT2D eigenvalue weighted by Crippen LogP contribution is -2.36. The molecule has 4 heteroatoms. The van der Waals surface area contributed by atoms with E-state index in [2.05, 4.69) is 17.1 Å². The second-order valence-corrected chi connectivity index (χ2v) is 5.63. The number of nitrogens with two attached hydrogens (primary N) is 1. The van der Waals surface area contributed by atoms with Crippen LogP contribution in [0.5, 0.6) is 0 Å². The van der Waals surface area contributed by atoms with Crippen LogP contribution in [0.3, 0.4) is 0 Å². The average molecular weight is 249 g/mol. The van der Waals surface area contributed by atoms with Gasteiger partial charge in [-0.2, -0.15) is 0 Å². The third-order valence-corrected chi connectivity index (χ3v) is 3.98. The maximum Gasteiger partial charge on any atom is 0.125 e. The standard InChI is InChI=1S/C14H20FN3/c1-9-6-17-14-11(4-12(15)5-13(14)16)8-18(9)7-10-2-3-10/h4-5,9-10,17H,2-3,6-8,16H2,1H3/t9-/m0/s1. The van der Waals surface area contributed by atoms with E-state index in [1.807, 2.05) is 0 Å². The minimum Gasteiger partial charge on any atom is -0.397 e. The molecule has 1 fully saturated rings. The van der Waals surface area contributed by atoms with Gasteiger partial charge in [0.2, 0.25) is 0 Å². The Hall–Kier alpha value is -1.29. The summed E-state index contributed by atoms with van der Waals surface area (Å²) in [5, 5.41) is 3.36. The van der Waals surface area contributed by atoms with Gasteiger partial charge in [-0.25, -0.2) is 4.39 Å². The minimum atomic E-state index is -0.242. The lowest BCUT2D eigenvalue weighted by Gasteiger charge is -2.26. The van der Waals surface area contributed by atoms with Gasteiger partial charge in [-0.1, -0.05) is 0 Å². The quantitative estimate of drug-likeness (QED) is 0.791. The number of nitrogen functional groups attached to an aromatic ring is 1. The summed E-state index contributed by atoms with van der Waals surface area (Å²) >= 11 is 0. The van der Waals surface area contributed by atoms with Crippen LogP contribution in [0.4, 0.5) is 15.8 Å². The third kappa shape index (κ3) is 2.29. The smallest absolute Gasteiger partial charge is 0.125 e. The maximum atomic E-state index is 13.5. The van der Waals surface area contributed by atoms with E-state index >= 15 is 0 Å². The topological polar surface area (TPSA) is 41.3 Å². The van der Waals surface area contributed by atoms with Crippen LogP contribution in [0, 0.1) is 11.7 Å². The van der Waals surface area contributed by atoms with Crippen LogP contribution >= 0.6 is 0 Å². The zero-order chi connectivity index (χ0) is 12.7. The highest BCUT2D eigenvalue weighted by Gasteiger charge is 2.29. The van der Waals surface area contributed by atoms with E-state index in [4.69, 9.17) is 5.73 Å². The van der Waals surface area contributed by atoms with Gasteiger partial charge >= 0.3 is 0 Å². The summed E-state index contributed by atoms with van der Waals surface area (Å²) in [5.41, 5.74) is 8.32. The molecular weight excluding hydrogens is 229 g/mol. The van der Waals surface area contributed by atoms with Crippen molar-refractivity contribution in [1.29, 1.82) is 0 Å². The van der Waals surface area contributed by atoms with Gasteiger partial charge < -0.3 is 11.1 Å². The molecule has 2 aliphatic rings. The fraction of sp³-hybridized carbons (Fsp3) is 0.571. The number of fused-ring (bicyclic) bond motifs is 1. The van der Waals surface area contributed by atoms with E-state index in [9.17, 15) is 4.39 Å². The summed E-state index contributed by atoms with van der Waals surface area (Å²) in [4.78, 5) is 2.44. The lowest BCUT2D eigenvalue weighted by atomic mass is 10.1. The predicted molar refractivity (Wildman–Crippen MR) is 71.9 cm³/mol. The summed E-state index contributed by atoms with van der Waals surface area (Å²) < 4.78 is 13.5. The summed E-state index contributed by atoms with van der Waals surface area (Å²) in [6.45, 7) is 5.00. The number of rotatable bonds is 2. The molecule has 3 N–H and O–H groups in total.